The number of aromatic nitrogens is 3. The Hall–Kier alpha value is -4.00. The van der Waals surface area contributed by atoms with Gasteiger partial charge in [-0.1, -0.05) is 30.3 Å². The Morgan fingerprint density at radius 3 is 2.24 bits per heavy atom. The van der Waals surface area contributed by atoms with Crippen LogP contribution in [0.25, 0.3) is 11.1 Å². The van der Waals surface area contributed by atoms with Crippen molar-refractivity contribution in [3.05, 3.63) is 94.7 Å². The van der Waals surface area contributed by atoms with Crippen LogP contribution in [0.4, 0.5) is 5.69 Å². The summed E-state index contributed by atoms with van der Waals surface area (Å²) >= 11 is 0. The summed E-state index contributed by atoms with van der Waals surface area (Å²) in [5.74, 6) is 1.97. The molecule has 0 spiro atoms. The number of hydrogen-bond acceptors (Lipinski definition) is 5. The number of nitrogens with one attached hydrogen (secondary N) is 1. The quantitative estimate of drug-likeness (QED) is 0.350. The molecule has 0 amide bonds. The molecule has 2 heterocycles. The number of anilines is 1. The second-order valence-electron chi connectivity index (χ2n) is 9.80. The molecule has 2 aromatic heterocycles. The van der Waals surface area contributed by atoms with E-state index in [1.807, 2.05) is 49.9 Å². The predicted molar refractivity (Wildman–Crippen MR) is 147 cm³/mol. The normalized spacial score (nSPS) is 17.4. The van der Waals surface area contributed by atoms with Gasteiger partial charge in [-0.05, 0) is 60.9 Å². The van der Waals surface area contributed by atoms with E-state index >= 15 is 0 Å². The molecule has 0 saturated heterocycles. The van der Waals surface area contributed by atoms with Gasteiger partial charge in [-0.25, -0.2) is 0 Å². The van der Waals surface area contributed by atoms with Crippen LogP contribution in [0.2, 0.25) is 0 Å². The van der Waals surface area contributed by atoms with E-state index in [1.54, 1.807) is 23.5 Å². The topological polar surface area (TPSA) is 70.3 Å². The van der Waals surface area contributed by atoms with Gasteiger partial charge in [0, 0.05) is 42.7 Å². The van der Waals surface area contributed by atoms with Gasteiger partial charge in [0.1, 0.15) is 17.2 Å². The summed E-state index contributed by atoms with van der Waals surface area (Å²) in [6, 6.07) is 18.7. The van der Waals surface area contributed by atoms with Crippen molar-refractivity contribution in [2.75, 3.05) is 19.5 Å². The Bertz CT molecular complexity index is 1380. The average Bonchev–Trinajstić information content (AvgIpc) is 3.37. The highest BCUT2D eigenvalue weighted by atomic mass is 16.5. The van der Waals surface area contributed by atoms with Crippen molar-refractivity contribution in [1.29, 1.82) is 0 Å². The minimum atomic E-state index is -0.0420. The minimum absolute atomic E-state index is 0.0420. The lowest BCUT2D eigenvalue weighted by atomic mass is 9.82. The van der Waals surface area contributed by atoms with Crippen LogP contribution in [-0.2, 0) is 13.6 Å². The van der Waals surface area contributed by atoms with Crippen LogP contribution in [-0.4, -0.2) is 34.6 Å². The van der Waals surface area contributed by atoms with Crippen LogP contribution in [0.1, 0.15) is 42.7 Å². The SMILES string of the molecule is COc1cc(Cn2cc(-c3cnn(C)c3)cc(N[C@H]3CC[C@@H](c4ccccc4)CC3)c2=O)cc(OC)c1. The first-order chi connectivity index (χ1) is 18.0. The average molecular weight is 499 g/mol. The number of hydrogen-bond donors (Lipinski definition) is 1. The van der Waals surface area contributed by atoms with E-state index < -0.39 is 0 Å². The Labute approximate surface area is 217 Å². The van der Waals surface area contributed by atoms with Crippen molar-refractivity contribution in [2.45, 2.75) is 44.2 Å². The third-order valence-corrected chi connectivity index (χ3v) is 7.25. The fourth-order valence-electron chi connectivity index (χ4n) is 5.26. The van der Waals surface area contributed by atoms with Crippen molar-refractivity contribution in [3.63, 3.8) is 0 Å². The molecule has 4 aromatic rings. The summed E-state index contributed by atoms with van der Waals surface area (Å²) in [4.78, 5) is 13.6. The molecular formula is C30H34N4O3. The minimum Gasteiger partial charge on any atom is -0.497 e. The van der Waals surface area contributed by atoms with Crippen molar-refractivity contribution < 1.29 is 9.47 Å². The third-order valence-electron chi connectivity index (χ3n) is 7.25. The highest BCUT2D eigenvalue weighted by Gasteiger charge is 2.23. The highest BCUT2D eigenvalue weighted by molar-refractivity contribution is 5.66. The van der Waals surface area contributed by atoms with E-state index in [4.69, 9.17) is 9.47 Å². The van der Waals surface area contributed by atoms with Gasteiger partial charge >= 0.3 is 0 Å². The van der Waals surface area contributed by atoms with Crippen molar-refractivity contribution in [1.82, 2.24) is 14.3 Å². The van der Waals surface area contributed by atoms with Crippen molar-refractivity contribution in [2.24, 2.45) is 7.05 Å². The first kappa shape index (κ1) is 24.7. The Balaban J connectivity index is 1.42. The van der Waals surface area contributed by atoms with Gasteiger partial charge < -0.3 is 19.4 Å². The van der Waals surface area contributed by atoms with Crippen molar-refractivity contribution in [3.8, 4) is 22.6 Å². The van der Waals surface area contributed by atoms with Gasteiger partial charge in [-0.3, -0.25) is 9.48 Å². The summed E-state index contributed by atoms with van der Waals surface area (Å²) in [5, 5.41) is 7.93. The molecule has 0 bridgehead atoms. The molecule has 5 rings (SSSR count). The zero-order valence-corrected chi connectivity index (χ0v) is 21.7. The number of methoxy groups -OCH3 is 2. The van der Waals surface area contributed by atoms with E-state index in [0.29, 0.717) is 29.6 Å². The first-order valence-corrected chi connectivity index (χ1v) is 12.8. The molecule has 7 heteroatoms. The van der Waals surface area contributed by atoms with Crippen LogP contribution in [0.15, 0.2) is 78.0 Å². The predicted octanol–water partition coefficient (Wildman–Crippen LogP) is 5.45. The molecule has 0 unspecified atom stereocenters. The number of aryl methyl sites for hydroxylation is 1. The van der Waals surface area contributed by atoms with Crippen LogP contribution in [0.3, 0.4) is 0 Å². The van der Waals surface area contributed by atoms with Gasteiger partial charge in [0.25, 0.3) is 5.56 Å². The summed E-state index contributed by atoms with van der Waals surface area (Å²) in [7, 11) is 5.15. The maximum atomic E-state index is 13.6. The van der Waals surface area contributed by atoms with E-state index in [-0.39, 0.29) is 11.6 Å². The van der Waals surface area contributed by atoms with E-state index in [1.165, 1.54) is 5.56 Å². The lowest BCUT2D eigenvalue weighted by molar-refractivity contribution is 0.393. The molecule has 1 aliphatic rings. The number of ether oxygens (including phenoxy) is 2. The van der Waals surface area contributed by atoms with Crippen LogP contribution < -0.4 is 20.3 Å². The largest absolute Gasteiger partial charge is 0.497 e. The maximum absolute atomic E-state index is 13.6. The maximum Gasteiger partial charge on any atom is 0.274 e. The van der Waals surface area contributed by atoms with Gasteiger partial charge in [-0.2, -0.15) is 5.10 Å². The Morgan fingerprint density at radius 1 is 0.919 bits per heavy atom. The number of rotatable bonds is 8. The zero-order valence-electron chi connectivity index (χ0n) is 21.7. The molecule has 1 N–H and O–H groups in total. The van der Waals surface area contributed by atoms with Gasteiger partial charge in [0.15, 0.2) is 0 Å². The molecule has 2 aromatic carbocycles. The molecule has 37 heavy (non-hydrogen) atoms. The molecule has 0 radical (unpaired) electrons. The third kappa shape index (κ3) is 5.71. The Morgan fingerprint density at radius 2 is 1.62 bits per heavy atom. The molecule has 1 aliphatic carbocycles. The lowest BCUT2D eigenvalue weighted by Gasteiger charge is -2.30. The second kappa shape index (κ2) is 10.9. The molecule has 1 saturated carbocycles. The zero-order chi connectivity index (χ0) is 25.8. The number of benzene rings is 2. The highest BCUT2D eigenvalue weighted by Crippen LogP contribution is 2.34. The summed E-state index contributed by atoms with van der Waals surface area (Å²) in [6.07, 6.45) is 9.99. The molecule has 192 valence electrons. The smallest absolute Gasteiger partial charge is 0.274 e. The monoisotopic (exact) mass is 498 g/mol. The summed E-state index contributed by atoms with van der Waals surface area (Å²) < 4.78 is 14.4. The van der Waals surface area contributed by atoms with Crippen LogP contribution >= 0.6 is 0 Å². The summed E-state index contributed by atoms with van der Waals surface area (Å²) in [5.41, 5.74) is 4.84. The van der Waals surface area contributed by atoms with E-state index in [0.717, 1.165) is 42.4 Å². The lowest BCUT2D eigenvalue weighted by Crippen LogP contribution is -2.31. The van der Waals surface area contributed by atoms with E-state index in [9.17, 15) is 4.79 Å². The van der Waals surface area contributed by atoms with Gasteiger partial charge in [0.2, 0.25) is 0 Å². The Kier molecular flexibility index (Phi) is 7.30. The molecule has 1 fully saturated rings. The van der Waals surface area contributed by atoms with Crippen molar-refractivity contribution >= 4 is 5.69 Å². The standard InChI is InChI=1S/C30H34N4O3/c1-33-19-25(17-31-33)24-15-29(32-26-11-9-23(10-12-26)22-7-5-4-6-8-22)30(35)34(20-24)18-21-13-27(36-2)16-28(14-21)37-3/h4-8,13-17,19-20,23,26,32H,9-12,18H2,1-3H3/t23-,26+. The molecule has 0 atom stereocenters. The second-order valence-corrected chi connectivity index (χ2v) is 9.80. The van der Waals surface area contributed by atoms with Gasteiger partial charge in [0.05, 0.1) is 27.0 Å². The number of pyridine rings is 1. The fraction of sp³-hybridized carbons (Fsp3) is 0.333. The van der Waals surface area contributed by atoms with Crippen LogP contribution in [0.5, 0.6) is 11.5 Å². The number of nitrogens with zero attached hydrogens (tertiary/aromatic N) is 3. The van der Waals surface area contributed by atoms with Crippen LogP contribution in [0, 0.1) is 0 Å². The molecule has 0 aliphatic heterocycles. The van der Waals surface area contributed by atoms with Gasteiger partial charge in [-0.15, -0.1) is 0 Å². The first-order valence-electron chi connectivity index (χ1n) is 12.8. The van der Waals surface area contributed by atoms with E-state index in [2.05, 4.69) is 40.7 Å². The summed E-state index contributed by atoms with van der Waals surface area (Å²) in [6.45, 7) is 0.399. The molecule has 7 nitrogen and oxygen atoms in total. The fourth-order valence-corrected chi connectivity index (χ4v) is 5.26. The molecular weight excluding hydrogens is 464 g/mol.